The average Bonchev–Trinajstić information content (AvgIpc) is 2.33. The van der Waals surface area contributed by atoms with Crippen LogP contribution in [0, 0.1) is 5.92 Å². The number of ether oxygens (including phenoxy) is 2. The number of rotatable bonds is 4. The van der Waals surface area contributed by atoms with Gasteiger partial charge in [-0.1, -0.05) is 0 Å². The summed E-state index contributed by atoms with van der Waals surface area (Å²) in [6.45, 7) is 3.26. The molecule has 2 fully saturated rings. The molecule has 1 atom stereocenters. The first kappa shape index (κ1) is 12.3. The first-order valence-electron chi connectivity index (χ1n) is 6.42. The molecule has 1 saturated heterocycles. The predicted octanol–water partition coefficient (Wildman–Crippen LogP) is 0.890. The maximum absolute atomic E-state index is 9.40. The van der Waals surface area contributed by atoms with Gasteiger partial charge in [0.25, 0.3) is 0 Å². The van der Waals surface area contributed by atoms with E-state index in [1.165, 1.54) is 0 Å². The Morgan fingerprint density at radius 2 is 1.88 bits per heavy atom. The number of nitrogens with one attached hydrogen (secondary N) is 1. The molecule has 0 aromatic heterocycles. The lowest BCUT2D eigenvalue weighted by atomic mass is 9.87. The molecule has 16 heavy (non-hydrogen) atoms. The topological polar surface area (TPSA) is 50.7 Å². The van der Waals surface area contributed by atoms with Crippen molar-refractivity contribution < 1.29 is 14.6 Å². The highest BCUT2D eigenvalue weighted by Crippen LogP contribution is 2.23. The summed E-state index contributed by atoms with van der Waals surface area (Å²) in [6.07, 6.45) is 5.53. The molecule has 2 aliphatic rings. The minimum absolute atomic E-state index is 0.0462. The maximum atomic E-state index is 9.40. The van der Waals surface area contributed by atoms with Gasteiger partial charge in [-0.05, 0) is 44.6 Å². The maximum Gasteiger partial charge on any atom is 0.147 e. The van der Waals surface area contributed by atoms with Crippen molar-refractivity contribution in [3.8, 4) is 0 Å². The molecule has 2 N–H and O–H groups in total. The van der Waals surface area contributed by atoms with Gasteiger partial charge in [0.15, 0.2) is 0 Å². The third kappa shape index (κ3) is 4.01. The lowest BCUT2D eigenvalue weighted by Crippen LogP contribution is -2.37. The Morgan fingerprint density at radius 1 is 1.06 bits per heavy atom. The van der Waals surface area contributed by atoms with E-state index >= 15 is 0 Å². The molecule has 1 aliphatic carbocycles. The van der Waals surface area contributed by atoms with Crippen LogP contribution in [0.2, 0.25) is 0 Å². The highest BCUT2D eigenvalue weighted by Gasteiger charge is 2.19. The molecule has 1 heterocycles. The van der Waals surface area contributed by atoms with Crippen molar-refractivity contribution in [1.82, 2.24) is 5.32 Å². The monoisotopic (exact) mass is 229 g/mol. The van der Waals surface area contributed by atoms with E-state index in [4.69, 9.17) is 9.47 Å². The van der Waals surface area contributed by atoms with E-state index in [0.717, 1.165) is 57.7 Å². The van der Waals surface area contributed by atoms with Crippen molar-refractivity contribution in [2.75, 3.05) is 26.5 Å². The second kappa shape index (κ2) is 6.55. The molecule has 1 aliphatic heterocycles. The van der Waals surface area contributed by atoms with Crippen LogP contribution in [0.5, 0.6) is 0 Å². The van der Waals surface area contributed by atoms with Gasteiger partial charge in [0.1, 0.15) is 6.79 Å². The summed E-state index contributed by atoms with van der Waals surface area (Å²) in [7, 11) is 0. The molecular formula is C12H23NO3. The summed E-state index contributed by atoms with van der Waals surface area (Å²) in [5.74, 6) is 0.739. The molecule has 4 heteroatoms. The predicted molar refractivity (Wildman–Crippen MR) is 61.1 cm³/mol. The van der Waals surface area contributed by atoms with Crippen molar-refractivity contribution in [1.29, 1.82) is 0 Å². The lowest BCUT2D eigenvalue weighted by Gasteiger charge is -2.27. The smallest absolute Gasteiger partial charge is 0.147 e. The summed E-state index contributed by atoms with van der Waals surface area (Å²) in [4.78, 5) is 0. The SMILES string of the molecule is OC1CCC(CNCC2CCOCO2)CC1. The van der Waals surface area contributed by atoms with Gasteiger partial charge in [-0.3, -0.25) is 0 Å². The fourth-order valence-electron chi connectivity index (χ4n) is 2.46. The summed E-state index contributed by atoms with van der Waals surface area (Å²) in [5, 5.41) is 12.9. The van der Waals surface area contributed by atoms with Crippen LogP contribution in [0.4, 0.5) is 0 Å². The van der Waals surface area contributed by atoms with E-state index in [1.807, 2.05) is 0 Å². The Hall–Kier alpha value is -0.160. The number of hydrogen-bond donors (Lipinski definition) is 2. The Labute approximate surface area is 97.3 Å². The number of aliphatic hydroxyl groups excluding tert-OH is 1. The molecule has 94 valence electrons. The van der Waals surface area contributed by atoms with Crippen LogP contribution in [-0.4, -0.2) is 43.8 Å². The molecule has 0 spiro atoms. The van der Waals surface area contributed by atoms with Gasteiger partial charge in [0.05, 0.1) is 18.8 Å². The standard InChI is InChI=1S/C12H23NO3/c14-11-3-1-10(2-4-11)7-13-8-12-5-6-15-9-16-12/h10-14H,1-9H2. The van der Waals surface area contributed by atoms with Gasteiger partial charge in [0.2, 0.25) is 0 Å². The largest absolute Gasteiger partial charge is 0.393 e. The molecule has 0 aromatic rings. The van der Waals surface area contributed by atoms with Crippen LogP contribution in [-0.2, 0) is 9.47 Å². The van der Waals surface area contributed by atoms with Crippen LogP contribution < -0.4 is 5.32 Å². The zero-order valence-electron chi connectivity index (χ0n) is 9.86. The van der Waals surface area contributed by atoms with Gasteiger partial charge in [-0.25, -0.2) is 0 Å². The van der Waals surface area contributed by atoms with Crippen LogP contribution >= 0.6 is 0 Å². The van der Waals surface area contributed by atoms with Crippen LogP contribution in [0.1, 0.15) is 32.1 Å². The van der Waals surface area contributed by atoms with Gasteiger partial charge in [0, 0.05) is 6.54 Å². The van der Waals surface area contributed by atoms with Crippen molar-refractivity contribution in [3.63, 3.8) is 0 Å². The first-order chi connectivity index (χ1) is 7.84. The normalized spacial score (nSPS) is 36.2. The summed E-state index contributed by atoms with van der Waals surface area (Å²) in [5.41, 5.74) is 0. The highest BCUT2D eigenvalue weighted by molar-refractivity contribution is 4.74. The van der Waals surface area contributed by atoms with E-state index < -0.39 is 0 Å². The minimum Gasteiger partial charge on any atom is -0.393 e. The molecule has 0 aromatic carbocycles. The van der Waals surface area contributed by atoms with Crippen molar-refractivity contribution in [2.45, 2.75) is 44.3 Å². The Balaban J connectivity index is 1.53. The van der Waals surface area contributed by atoms with E-state index in [9.17, 15) is 5.11 Å². The third-order valence-corrected chi connectivity index (χ3v) is 3.59. The van der Waals surface area contributed by atoms with Gasteiger partial charge >= 0.3 is 0 Å². The Bertz CT molecular complexity index is 187. The average molecular weight is 229 g/mol. The van der Waals surface area contributed by atoms with E-state index in [0.29, 0.717) is 12.9 Å². The first-order valence-corrected chi connectivity index (χ1v) is 6.42. The van der Waals surface area contributed by atoms with Gasteiger partial charge in [-0.2, -0.15) is 0 Å². The zero-order chi connectivity index (χ0) is 11.2. The molecular weight excluding hydrogens is 206 g/mol. The van der Waals surface area contributed by atoms with Crippen molar-refractivity contribution in [2.24, 2.45) is 5.92 Å². The van der Waals surface area contributed by atoms with Crippen molar-refractivity contribution >= 4 is 0 Å². The molecule has 0 amide bonds. The molecule has 1 unspecified atom stereocenters. The van der Waals surface area contributed by atoms with E-state index in [1.54, 1.807) is 0 Å². The number of hydrogen-bond acceptors (Lipinski definition) is 4. The molecule has 4 nitrogen and oxygen atoms in total. The van der Waals surface area contributed by atoms with Crippen LogP contribution in [0.25, 0.3) is 0 Å². The summed E-state index contributed by atoms with van der Waals surface area (Å²) >= 11 is 0. The minimum atomic E-state index is -0.0462. The fraction of sp³-hybridized carbons (Fsp3) is 1.00. The highest BCUT2D eigenvalue weighted by atomic mass is 16.7. The van der Waals surface area contributed by atoms with Gasteiger partial charge in [-0.15, -0.1) is 0 Å². The van der Waals surface area contributed by atoms with E-state index in [2.05, 4.69) is 5.32 Å². The van der Waals surface area contributed by atoms with Crippen LogP contribution in [0.3, 0.4) is 0 Å². The van der Waals surface area contributed by atoms with Crippen molar-refractivity contribution in [3.05, 3.63) is 0 Å². The molecule has 2 rings (SSSR count). The second-order valence-electron chi connectivity index (χ2n) is 4.94. The number of aliphatic hydroxyl groups is 1. The quantitative estimate of drug-likeness (QED) is 0.751. The fourth-order valence-corrected chi connectivity index (χ4v) is 2.46. The summed E-state index contributed by atoms with van der Waals surface area (Å²) < 4.78 is 10.6. The second-order valence-corrected chi connectivity index (χ2v) is 4.94. The molecule has 0 radical (unpaired) electrons. The Morgan fingerprint density at radius 3 is 2.56 bits per heavy atom. The van der Waals surface area contributed by atoms with E-state index in [-0.39, 0.29) is 6.10 Å². The summed E-state index contributed by atoms with van der Waals surface area (Å²) in [6, 6.07) is 0. The van der Waals surface area contributed by atoms with Gasteiger partial charge < -0.3 is 19.9 Å². The molecule has 0 bridgehead atoms. The lowest BCUT2D eigenvalue weighted by molar-refractivity contribution is -0.137. The van der Waals surface area contributed by atoms with Crippen LogP contribution in [0.15, 0.2) is 0 Å². The molecule has 1 saturated carbocycles. The zero-order valence-corrected chi connectivity index (χ0v) is 9.86. The Kier molecular flexibility index (Phi) is 5.03. The third-order valence-electron chi connectivity index (χ3n) is 3.59.